The van der Waals surface area contributed by atoms with Crippen LogP contribution in [-0.4, -0.2) is 15.6 Å². The minimum absolute atomic E-state index is 0.0555. The zero-order valence-corrected chi connectivity index (χ0v) is 13.1. The van der Waals surface area contributed by atoms with Gasteiger partial charge in [-0.1, -0.05) is 17.7 Å². The van der Waals surface area contributed by atoms with E-state index in [9.17, 15) is 19.1 Å². The lowest BCUT2D eigenvalue weighted by atomic mass is 10.1. The molecule has 1 aliphatic rings. The van der Waals surface area contributed by atoms with Gasteiger partial charge in [0.05, 0.1) is 11.4 Å². The van der Waals surface area contributed by atoms with Crippen LogP contribution in [0.3, 0.4) is 0 Å². The Morgan fingerprint density at radius 1 is 1.43 bits per heavy atom. The maximum absolute atomic E-state index is 14.0. The molecule has 7 heteroatoms. The molecule has 0 unspecified atom stereocenters. The van der Waals surface area contributed by atoms with Gasteiger partial charge in [-0.15, -0.1) is 0 Å². The van der Waals surface area contributed by atoms with Crippen molar-refractivity contribution in [3.05, 3.63) is 56.2 Å². The number of aromatic carboxylic acids is 1. The zero-order chi connectivity index (χ0) is 16.7. The lowest BCUT2D eigenvalue weighted by Crippen LogP contribution is -2.24. The Kier molecular flexibility index (Phi) is 3.85. The first-order valence-electron chi connectivity index (χ1n) is 7.11. The molecule has 2 N–H and O–H groups in total. The highest BCUT2D eigenvalue weighted by atomic mass is 35.5. The standard InChI is InChI=1S/C16H14ClFN2O3/c1-8-4-5-10(9(18)7-8)19-14-12(16(22)23)11-3-2-6-20(11)15(21)13(14)17/h4-5,7,19H,2-3,6H2,1H3,(H,22,23). The minimum Gasteiger partial charge on any atom is -0.478 e. The maximum atomic E-state index is 14.0. The molecule has 1 aromatic heterocycles. The Morgan fingerprint density at radius 2 is 2.17 bits per heavy atom. The summed E-state index contributed by atoms with van der Waals surface area (Å²) >= 11 is 6.08. The van der Waals surface area contributed by atoms with Gasteiger partial charge in [-0.25, -0.2) is 9.18 Å². The fraction of sp³-hybridized carbons (Fsp3) is 0.250. The second kappa shape index (κ2) is 5.70. The summed E-state index contributed by atoms with van der Waals surface area (Å²) in [4.78, 5) is 24.0. The first-order chi connectivity index (χ1) is 10.9. The van der Waals surface area contributed by atoms with E-state index >= 15 is 0 Å². The normalized spacial score (nSPS) is 13.0. The van der Waals surface area contributed by atoms with Crippen LogP contribution in [0.25, 0.3) is 0 Å². The predicted octanol–water partition coefficient (Wildman–Crippen LogP) is 3.34. The van der Waals surface area contributed by atoms with Gasteiger partial charge in [-0.3, -0.25) is 4.79 Å². The zero-order valence-electron chi connectivity index (χ0n) is 12.3. The quantitative estimate of drug-likeness (QED) is 0.901. The number of aryl methyl sites for hydroxylation is 1. The summed E-state index contributed by atoms with van der Waals surface area (Å²) in [6, 6.07) is 4.48. The number of hydrogen-bond acceptors (Lipinski definition) is 3. The number of carboxylic acids is 1. The number of aromatic nitrogens is 1. The molecule has 0 spiro atoms. The Bertz CT molecular complexity index is 877. The fourth-order valence-corrected chi connectivity index (χ4v) is 3.09. The third kappa shape index (κ3) is 2.59. The van der Waals surface area contributed by atoms with E-state index in [-0.39, 0.29) is 22.0 Å². The second-order valence-corrected chi connectivity index (χ2v) is 5.86. The highest BCUT2D eigenvalue weighted by Gasteiger charge is 2.28. The summed E-state index contributed by atoms with van der Waals surface area (Å²) in [5.74, 6) is -1.74. The van der Waals surface area contributed by atoms with E-state index < -0.39 is 17.3 Å². The summed E-state index contributed by atoms with van der Waals surface area (Å²) in [5, 5.41) is 12.0. The highest BCUT2D eigenvalue weighted by molar-refractivity contribution is 6.34. The van der Waals surface area contributed by atoms with Crippen molar-refractivity contribution in [1.82, 2.24) is 4.57 Å². The smallest absolute Gasteiger partial charge is 0.339 e. The monoisotopic (exact) mass is 336 g/mol. The van der Waals surface area contributed by atoms with Crippen LogP contribution in [-0.2, 0) is 13.0 Å². The van der Waals surface area contributed by atoms with Crippen LogP contribution < -0.4 is 10.9 Å². The maximum Gasteiger partial charge on any atom is 0.339 e. The summed E-state index contributed by atoms with van der Waals surface area (Å²) in [5.41, 5.74) is 0.627. The van der Waals surface area contributed by atoms with Crippen LogP contribution in [0.4, 0.5) is 15.8 Å². The molecule has 0 atom stereocenters. The van der Waals surface area contributed by atoms with Crippen molar-refractivity contribution in [2.75, 3.05) is 5.32 Å². The van der Waals surface area contributed by atoms with Crippen LogP contribution in [0.1, 0.15) is 28.0 Å². The van der Waals surface area contributed by atoms with Gasteiger partial charge in [0.25, 0.3) is 5.56 Å². The Morgan fingerprint density at radius 3 is 2.83 bits per heavy atom. The molecule has 3 rings (SSSR count). The van der Waals surface area contributed by atoms with Crippen molar-refractivity contribution < 1.29 is 14.3 Å². The largest absolute Gasteiger partial charge is 0.478 e. The van der Waals surface area contributed by atoms with Gasteiger partial charge in [0.15, 0.2) is 0 Å². The van der Waals surface area contributed by atoms with Crippen LogP contribution in [0.5, 0.6) is 0 Å². The molecule has 0 fully saturated rings. The number of rotatable bonds is 3. The van der Waals surface area contributed by atoms with Crippen molar-refractivity contribution in [3.63, 3.8) is 0 Å². The average molecular weight is 337 g/mol. The SMILES string of the molecule is Cc1ccc(Nc2c(C(=O)O)c3n(c(=O)c2Cl)CCC3)c(F)c1. The van der Waals surface area contributed by atoms with Crippen LogP contribution in [0.2, 0.25) is 5.02 Å². The van der Waals surface area contributed by atoms with Crippen LogP contribution in [0.15, 0.2) is 23.0 Å². The molecule has 0 bridgehead atoms. The number of nitrogens with zero attached hydrogens (tertiary/aromatic N) is 1. The van der Waals surface area contributed by atoms with Gasteiger partial charge in [-0.05, 0) is 37.5 Å². The minimum atomic E-state index is -1.20. The number of anilines is 2. The summed E-state index contributed by atoms with van der Waals surface area (Å²) in [6.45, 7) is 2.18. The lowest BCUT2D eigenvalue weighted by molar-refractivity contribution is 0.0696. The number of carboxylic acid groups (broad SMARTS) is 1. The Labute approximate surface area is 136 Å². The van der Waals surface area contributed by atoms with Gasteiger partial charge in [-0.2, -0.15) is 0 Å². The molecular weight excluding hydrogens is 323 g/mol. The number of carbonyl (C=O) groups is 1. The molecule has 23 heavy (non-hydrogen) atoms. The number of fused-ring (bicyclic) bond motifs is 1. The molecule has 2 aromatic rings. The molecule has 1 aromatic carbocycles. The number of nitrogens with one attached hydrogen (secondary N) is 1. The van der Waals surface area contributed by atoms with E-state index in [1.165, 1.54) is 16.7 Å². The molecule has 2 heterocycles. The summed E-state index contributed by atoms with van der Waals surface area (Å²) in [7, 11) is 0. The van der Waals surface area contributed by atoms with Gasteiger partial charge in [0, 0.05) is 12.2 Å². The van der Waals surface area contributed by atoms with Gasteiger partial charge >= 0.3 is 5.97 Å². The molecule has 120 valence electrons. The van der Waals surface area contributed by atoms with Crippen molar-refractivity contribution in [2.45, 2.75) is 26.3 Å². The van der Waals surface area contributed by atoms with Crippen molar-refractivity contribution >= 4 is 28.9 Å². The fourth-order valence-electron chi connectivity index (χ4n) is 2.84. The number of pyridine rings is 1. The van der Waals surface area contributed by atoms with E-state index in [4.69, 9.17) is 11.6 Å². The van der Waals surface area contributed by atoms with Crippen molar-refractivity contribution in [2.24, 2.45) is 0 Å². The molecule has 1 aliphatic heterocycles. The van der Waals surface area contributed by atoms with E-state index in [0.29, 0.717) is 25.1 Å². The summed E-state index contributed by atoms with van der Waals surface area (Å²) in [6.07, 6.45) is 1.15. The van der Waals surface area contributed by atoms with Gasteiger partial charge in [0.1, 0.15) is 16.4 Å². The Hall–Kier alpha value is -2.34. The first-order valence-corrected chi connectivity index (χ1v) is 7.49. The lowest BCUT2D eigenvalue weighted by Gasteiger charge is -2.16. The first kappa shape index (κ1) is 15.6. The van der Waals surface area contributed by atoms with Gasteiger partial charge < -0.3 is 15.0 Å². The van der Waals surface area contributed by atoms with E-state index in [1.54, 1.807) is 13.0 Å². The summed E-state index contributed by atoms with van der Waals surface area (Å²) < 4.78 is 15.4. The average Bonchev–Trinajstić information content (AvgIpc) is 2.96. The molecular formula is C16H14ClFN2O3. The van der Waals surface area contributed by atoms with Crippen LogP contribution in [0, 0.1) is 12.7 Å². The van der Waals surface area contributed by atoms with Crippen molar-refractivity contribution in [1.29, 1.82) is 0 Å². The molecule has 0 saturated carbocycles. The Balaban J connectivity index is 2.21. The molecule has 0 radical (unpaired) electrons. The topological polar surface area (TPSA) is 71.3 Å². The second-order valence-electron chi connectivity index (χ2n) is 5.48. The van der Waals surface area contributed by atoms with Gasteiger partial charge in [0.2, 0.25) is 0 Å². The molecule has 0 saturated heterocycles. The number of benzene rings is 1. The highest BCUT2D eigenvalue weighted by Crippen LogP contribution is 2.32. The molecule has 5 nitrogen and oxygen atoms in total. The molecule has 0 aliphatic carbocycles. The predicted molar refractivity (Wildman–Crippen MR) is 85.4 cm³/mol. The van der Waals surface area contributed by atoms with Crippen molar-refractivity contribution in [3.8, 4) is 0 Å². The molecule has 0 amide bonds. The van der Waals surface area contributed by atoms with E-state index in [2.05, 4.69) is 5.32 Å². The third-order valence-corrected chi connectivity index (χ3v) is 4.26. The van der Waals surface area contributed by atoms with Crippen LogP contribution >= 0.6 is 11.6 Å². The number of halogens is 2. The number of hydrogen-bond donors (Lipinski definition) is 2. The van der Waals surface area contributed by atoms with E-state index in [0.717, 1.165) is 5.56 Å². The van der Waals surface area contributed by atoms with E-state index in [1.807, 2.05) is 0 Å². The third-order valence-electron chi connectivity index (χ3n) is 3.91.